The molecule has 0 spiro atoms. The summed E-state index contributed by atoms with van der Waals surface area (Å²) in [6.07, 6.45) is 4.26. The van der Waals surface area contributed by atoms with Crippen LogP contribution in [0.1, 0.15) is 75.4 Å². The first-order chi connectivity index (χ1) is 16.7. The molecule has 0 bridgehead atoms. The van der Waals surface area contributed by atoms with Crippen LogP contribution in [0.25, 0.3) is 0 Å². The van der Waals surface area contributed by atoms with E-state index in [1.54, 1.807) is 37.3 Å². The molecule has 4 rings (SSSR count). The first-order valence-electron chi connectivity index (χ1n) is 12.4. The Bertz CT molecular complexity index is 1110. The first kappa shape index (κ1) is 28.2. The second-order valence-corrected chi connectivity index (χ2v) is 12.1. The molecule has 7 heteroatoms. The van der Waals surface area contributed by atoms with Gasteiger partial charge in [0.2, 0.25) is 11.8 Å². The number of hydrogen-bond acceptors (Lipinski definition) is 3. The highest BCUT2D eigenvalue weighted by atomic mass is 35.5. The van der Waals surface area contributed by atoms with Crippen LogP contribution < -0.4 is 11.1 Å². The van der Waals surface area contributed by atoms with E-state index in [1.165, 1.54) is 12.8 Å². The number of hydrogen-bond donors (Lipinski definition) is 3. The monoisotopic (exact) mass is 529 g/mol. The summed E-state index contributed by atoms with van der Waals surface area (Å²) < 4.78 is 0. The van der Waals surface area contributed by atoms with Gasteiger partial charge in [0.15, 0.2) is 0 Å². The van der Waals surface area contributed by atoms with Gasteiger partial charge in [-0.05, 0) is 85.3 Å². The Balaban J connectivity index is 0.000000253. The molecule has 2 saturated carbocycles. The van der Waals surface area contributed by atoms with Crippen molar-refractivity contribution in [2.24, 2.45) is 28.4 Å². The zero-order valence-corrected chi connectivity index (χ0v) is 23.3. The van der Waals surface area contributed by atoms with Crippen LogP contribution in [0.2, 0.25) is 10.0 Å². The molecular weight excluding hydrogens is 493 g/mol. The number of rotatable bonds is 6. The Morgan fingerprint density at radius 2 is 1.75 bits per heavy atom. The number of carbonyl (C=O) groups excluding carboxylic acids is 2. The third kappa shape index (κ3) is 6.12. The number of nitrogens with one attached hydrogen (secondary N) is 2. The maximum atomic E-state index is 12.9. The van der Waals surface area contributed by atoms with Crippen molar-refractivity contribution in [2.75, 3.05) is 0 Å². The van der Waals surface area contributed by atoms with E-state index in [9.17, 15) is 9.59 Å². The van der Waals surface area contributed by atoms with Crippen molar-refractivity contribution in [1.82, 2.24) is 5.32 Å². The summed E-state index contributed by atoms with van der Waals surface area (Å²) in [7, 11) is 0. The number of halogens is 2. The Morgan fingerprint density at radius 3 is 2.22 bits per heavy atom. The molecule has 0 heterocycles. The highest BCUT2D eigenvalue weighted by Crippen LogP contribution is 2.60. The van der Waals surface area contributed by atoms with E-state index in [0.717, 1.165) is 17.5 Å². The minimum Gasteiger partial charge on any atom is -0.366 e. The standard InChI is InChI=1S/C20H27Cl2NO.C9H10N2O/c1-12-9-17(15-7-8-20(12,15)4)23-18(24)19(2,3)11-13-5-6-14(21)10-16(13)22;1-6(10)7-2-4-8(5-3-7)9(11)12/h5-6,10,12,15,17H,7-9,11H2,1-4H3,(H,23,24);2-5,10H,1H3,(H2,11,12). The first-order valence-corrected chi connectivity index (χ1v) is 13.2. The van der Waals surface area contributed by atoms with Crippen LogP contribution in [-0.4, -0.2) is 23.6 Å². The van der Waals surface area contributed by atoms with E-state index in [2.05, 4.69) is 19.2 Å². The van der Waals surface area contributed by atoms with E-state index in [1.807, 2.05) is 26.0 Å². The summed E-state index contributed by atoms with van der Waals surface area (Å²) in [6.45, 7) is 10.4. The van der Waals surface area contributed by atoms with Gasteiger partial charge >= 0.3 is 0 Å². The molecule has 36 heavy (non-hydrogen) atoms. The fourth-order valence-electron chi connectivity index (χ4n) is 5.48. The van der Waals surface area contributed by atoms with Crippen LogP contribution in [0.5, 0.6) is 0 Å². The number of benzene rings is 2. The van der Waals surface area contributed by atoms with Crippen LogP contribution in [0, 0.1) is 28.1 Å². The lowest BCUT2D eigenvalue weighted by molar-refractivity contribution is -0.130. The molecule has 2 aromatic rings. The van der Waals surface area contributed by atoms with Gasteiger partial charge in [0.25, 0.3) is 0 Å². The molecule has 2 fully saturated rings. The average molecular weight is 531 g/mol. The van der Waals surface area contributed by atoms with E-state index < -0.39 is 11.3 Å². The summed E-state index contributed by atoms with van der Waals surface area (Å²) >= 11 is 12.2. The van der Waals surface area contributed by atoms with Gasteiger partial charge in [0.1, 0.15) is 0 Å². The highest BCUT2D eigenvalue weighted by molar-refractivity contribution is 6.35. The van der Waals surface area contributed by atoms with Gasteiger partial charge in [-0.2, -0.15) is 0 Å². The molecule has 4 N–H and O–H groups in total. The second kappa shape index (κ2) is 10.9. The predicted molar refractivity (Wildman–Crippen MR) is 148 cm³/mol. The number of fused-ring (bicyclic) bond motifs is 1. The summed E-state index contributed by atoms with van der Waals surface area (Å²) in [5.41, 5.74) is 7.71. The third-order valence-corrected chi connectivity index (χ3v) is 8.83. The number of nitrogens with two attached hydrogens (primary N) is 1. The molecular formula is C29H37Cl2N3O2. The van der Waals surface area contributed by atoms with E-state index >= 15 is 0 Å². The van der Waals surface area contributed by atoms with Gasteiger partial charge in [0.05, 0.1) is 0 Å². The SMILES string of the molecule is CC(=N)c1ccc(C(N)=O)cc1.CC1CC(NC(=O)C(C)(C)Cc2ccc(Cl)cc2Cl)C2CCC12C. The van der Waals surface area contributed by atoms with Gasteiger partial charge in [0, 0.05) is 32.8 Å². The van der Waals surface area contributed by atoms with Crippen molar-refractivity contribution in [1.29, 1.82) is 5.41 Å². The molecule has 0 saturated heterocycles. The van der Waals surface area contributed by atoms with Crippen molar-refractivity contribution in [3.63, 3.8) is 0 Å². The maximum Gasteiger partial charge on any atom is 0.248 e. The lowest BCUT2D eigenvalue weighted by Gasteiger charge is -2.47. The molecule has 5 nitrogen and oxygen atoms in total. The lowest BCUT2D eigenvalue weighted by Crippen LogP contribution is -2.49. The van der Waals surface area contributed by atoms with Crippen LogP contribution >= 0.6 is 23.2 Å². The smallest absolute Gasteiger partial charge is 0.248 e. The van der Waals surface area contributed by atoms with Crippen molar-refractivity contribution in [2.45, 2.75) is 66.3 Å². The lowest BCUT2D eigenvalue weighted by atomic mass is 9.59. The largest absolute Gasteiger partial charge is 0.366 e. The fraction of sp³-hybridized carbons (Fsp3) is 0.483. The highest BCUT2D eigenvalue weighted by Gasteiger charge is 2.56. The van der Waals surface area contributed by atoms with Crippen molar-refractivity contribution in [3.8, 4) is 0 Å². The normalized spacial score (nSPS) is 24.6. The molecule has 4 unspecified atom stereocenters. The van der Waals surface area contributed by atoms with Crippen LogP contribution in [0.3, 0.4) is 0 Å². The Morgan fingerprint density at radius 1 is 1.14 bits per heavy atom. The zero-order chi connectivity index (χ0) is 26.8. The third-order valence-electron chi connectivity index (χ3n) is 8.24. The van der Waals surface area contributed by atoms with Gasteiger partial charge in [-0.25, -0.2) is 0 Å². The van der Waals surface area contributed by atoms with E-state index in [4.69, 9.17) is 34.3 Å². The Hall–Kier alpha value is -2.37. The maximum absolute atomic E-state index is 12.9. The Kier molecular flexibility index (Phi) is 8.57. The topological polar surface area (TPSA) is 96.0 Å². The number of carbonyl (C=O) groups is 2. The van der Waals surface area contributed by atoms with Crippen molar-refractivity contribution < 1.29 is 9.59 Å². The van der Waals surface area contributed by atoms with Crippen molar-refractivity contribution >= 4 is 40.7 Å². The molecule has 4 atom stereocenters. The molecule has 0 radical (unpaired) electrons. The second-order valence-electron chi connectivity index (χ2n) is 11.2. The van der Waals surface area contributed by atoms with E-state index in [0.29, 0.717) is 51.0 Å². The molecule has 194 valence electrons. The summed E-state index contributed by atoms with van der Waals surface area (Å²) in [4.78, 5) is 23.6. The minimum atomic E-state index is -0.497. The molecule has 0 aliphatic heterocycles. The fourth-order valence-corrected chi connectivity index (χ4v) is 5.96. The predicted octanol–water partition coefficient (Wildman–Crippen LogP) is 6.68. The summed E-state index contributed by atoms with van der Waals surface area (Å²) in [5, 5.41) is 11.9. The number of amides is 2. The molecule has 0 aromatic heterocycles. The van der Waals surface area contributed by atoms with Crippen molar-refractivity contribution in [3.05, 3.63) is 69.2 Å². The molecule has 2 aliphatic rings. The summed E-state index contributed by atoms with van der Waals surface area (Å²) in [6, 6.07) is 12.5. The molecule has 2 amide bonds. The van der Waals surface area contributed by atoms with Gasteiger partial charge in [-0.1, -0.05) is 69.1 Å². The average Bonchev–Trinajstić information content (AvgIpc) is 2.95. The van der Waals surface area contributed by atoms with Crippen LogP contribution in [0.15, 0.2) is 42.5 Å². The quantitative estimate of drug-likeness (QED) is 0.364. The van der Waals surface area contributed by atoms with Gasteiger partial charge < -0.3 is 16.5 Å². The van der Waals surface area contributed by atoms with Crippen LogP contribution in [-0.2, 0) is 11.2 Å². The van der Waals surface area contributed by atoms with E-state index in [-0.39, 0.29) is 5.91 Å². The van der Waals surface area contributed by atoms with Crippen LogP contribution in [0.4, 0.5) is 0 Å². The minimum absolute atomic E-state index is 0.127. The Labute approximate surface area is 224 Å². The summed E-state index contributed by atoms with van der Waals surface area (Å²) in [5.74, 6) is 1.02. The van der Waals surface area contributed by atoms with Gasteiger partial charge in [-0.15, -0.1) is 0 Å². The number of primary amides is 1. The molecule has 2 aromatic carbocycles. The molecule has 2 aliphatic carbocycles. The zero-order valence-electron chi connectivity index (χ0n) is 21.8. The van der Waals surface area contributed by atoms with Gasteiger partial charge in [-0.3, -0.25) is 9.59 Å².